The van der Waals surface area contributed by atoms with Gasteiger partial charge < -0.3 is 5.32 Å². The molecular weight excluding hydrogens is 172 g/mol. The third-order valence-corrected chi connectivity index (χ3v) is 3.85. The number of hydrogen-bond donors (Lipinski definition) is 1. The predicted octanol–water partition coefficient (Wildman–Crippen LogP) is 1.88. The fourth-order valence-electron chi connectivity index (χ4n) is 2.51. The fourth-order valence-corrected chi connectivity index (χ4v) is 2.51. The monoisotopic (exact) mass is 196 g/mol. The van der Waals surface area contributed by atoms with Crippen molar-refractivity contribution in [3.05, 3.63) is 12.7 Å². The van der Waals surface area contributed by atoms with Gasteiger partial charge in [-0.05, 0) is 33.2 Å². The van der Waals surface area contributed by atoms with Gasteiger partial charge in [0, 0.05) is 24.7 Å². The van der Waals surface area contributed by atoms with Gasteiger partial charge in [-0.15, -0.1) is 6.58 Å². The number of likely N-dealkylation sites (tertiary alicyclic amines) is 1. The van der Waals surface area contributed by atoms with E-state index in [-0.39, 0.29) is 0 Å². The Morgan fingerprint density at radius 1 is 1.50 bits per heavy atom. The summed E-state index contributed by atoms with van der Waals surface area (Å²) in [7, 11) is 2.07. The van der Waals surface area contributed by atoms with Crippen LogP contribution in [0.2, 0.25) is 0 Å². The van der Waals surface area contributed by atoms with Crippen LogP contribution < -0.4 is 5.32 Å². The lowest BCUT2D eigenvalue weighted by Gasteiger charge is -2.44. The zero-order valence-corrected chi connectivity index (χ0v) is 9.96. The molecule has 1 aliphatic heterocycles. The molecule has 0 saturated carbocycles. The molecule has 82 valence electrons. The molecule has 0 aromatic rings. The first-order chi connectivity index (χ1) is 6.61. The van der Waals surface area contributed by atoms with Gasteiger partial charge in [0.2, 0.25) is 0 Å². The minimum atomic E-state index is 0.505. The van der Waals surface area contributed by atoms with E-state index in [1.807, 2.05) is 6.08 Å². The van der Waals surface area contributed by atoms with Gasteiger partial charge in [-0.25, -0.2) is 0 Å². The van der Waals surface area contributed by atoms with Crippen LogP contribution >= 0.6 is 0 Å². The van der Waals surface area contributed by atoms with E-state index in [2.05, 4.69) is 44.6 Å². The summed E-state index contributed by atoms with van der Waals surface area (Å²) in [5.41, 5.74) is 0. The Hall–Kier alpha value is -0.340. The van der Waals surface area contributed by atoms with E-state index in [0.29, 0.717) is 18.1 Å². The fraction of sp³-hybridized carbons (Fsp3) is 0.833. The minimum absolute atomic E-state index is 0.505. The van der Waals surface area contributed by atoms with Crippen molar-refractivity contribution >= 4 is 0 Å². The maximum atomic E-state index is 3.88. The van der Waals surface area contributed by atoms with Crippen LogP contribution in [0.5, 0.6) is 0 Å². The maximum absolute atomic E-state index is 3.88. The molecule has 0 aromatic carbocycles. The van der Waals surface area contributed by atoms with Crippen molar-refractivity contribution < 1.29 is 0 Å². The quantitative estimate of drug-likeness (QED) is 0.693. The molecule has 1 heterocycles. The molecule has 1 fully saturated rings. The molecule has 0 amide bonds. The summed E-state index contributed by atoms with van der Waals surface area (Å²) in [5, 5.41) is 3.41. The van der Waals surface area contributed by atoms with Crippen LogP contribution in [0.3, 0.4) is 0 Å². The number of nitrogens with zero attached hydrogens (tertiary/aromatic N) is 1. The first-order valence-corrected chi connectivity index (χ1v) is 5.67. The molecule has 1 aliphatic rings. The molecule has 1 N–H and O–H groups in total. The summed E-state index contributed by atoms with van der Waals surface area (Å²) in [6.45, 7) is 12.0. The van der Waals surface area contributed by atoms with Gasteiger partial charge >= 0.3 is 0 Å². The van der Waals surface area contributed by atoms with Crippen molar-refractivity contribution in [2.24, 2.45) is 5.92 Å². The minimum Gasteiger partial charge on any atom is -0.317 e. The van der Waals surface area contributed by atoms with Gasteiger partial charge in [0.1, 0.15) is 0 Å². The summed E-state index contributed by atoms with van der Waals surface area (Å²) in [6, 6.07) is 1.83. The third-order valence-electron chi connectivity index (χ3n) is 3.85. The lowest BCUT2D eigenvalue weighted by molar-refractivity contribution is 0.0706. The zero-order valence-electron chi connectivity index (χ0n) is 9.96. The van der Waals surface area contributed by atoms with Gasteiger partial charge in [-0.1, -0.05) is 13.0 Å². The Balaban J connectivity index is 2.63. The number of nitrogens with one attached hydrogen (secondary N) is 1. The molecule has 1 saturated heterocycles. The van der Waals surface area contributed by atoms with Crippen molar-refractivity contribution in [3.63, 3.8) is 0 Å². The van der Waals surface area contributed by atoms with E-state index in [9.17, 15) is 0 Å². The van der Waals surface area contributed by atoms with Crippen LogP contribution in [-0.2, 0) is 0 Å². The molecule has 1 rings (SSSR count). The molecule has 0 bridgehead atoms. The predicted molar refractivity (Wildman–Crippen MR) is 62.5 cm³/mol. The number of piperidine rings is 1. The van der Waals surface area contributed by atoms with Crippen molar-refractivity contribution in [3.8, 4) is 0 Å². The smallest absolute Gasteiger partial charge is 0.0250 e. The Labute approximate surface area is 88.4 Å². The molecule has 2 nitrogen and oxygen atoms in total. The largest absolute Gasteiger partial charge is 0.317 e. The SMILES string of the molecule is C=CC(C)N1CCC(NC)C(C)C1C. The van der Waals surface area contributed by atoms with Crippen LogP contribution in [0.15, 0.2) is 12.7 Å². The van der Waals surface area contributed by atoms with Gasteiger partial charge in [-0.3, -0.25) is 4.90 Å². The Morgan fingerprint density at radius 3 is 2.64 bits per heavy atom. The van der Waals surface area contributed by atoms with E-state index in [4.69, 9.17) is 0 Å². The summed E-state index contributed by atoms with van der Waals surface area (Å²) >= 11 is 0. The lowest BCUT2D eigenvalue weighted by atomic mass is 9.86. The van der Waals surface area contributed by atoms with Crippen LogP contribution in [0, 0.1) is 5.92 Å². The van der Waals surface area contributed by atoms with Gasteiger partial charge in [0.25, 0.3) is 0 Å². The Kier molecular flexibility index (Phi) is 4.14. The molecule has 0 aromatic heterocycles. The van der Waals surface area contributed by atoms with Gasteiger partial charge in [-0.2, -0.15) is 0 Å². The van der Waals surface area contributed by atoms with E-state index in [1.165, 1.54) is 13.0 Å². The average molecular weight is 196 g/mol. The summed E-state index contributed by atoms with van der Waals surface area (Å²) in [6.07, 6.45) is 3.29. The standard InChI is InChI=1S/C12H24N2/c1-6-9(2)14-8-7-12(13-5)10(3)11(14)4/h6,9-13H,1,7-8H2,2-5H3. The maximum Gasteiger partial charge on any atom is 0.0250 e. The highest BCUT2D eigenvalue weighted by Gasteiger charge is 2.32. The van der Waals surface area contributed by atoms with Crippen LogP contribution in [0.1, 0.15) is 27.2 Å². The van der Waals surface area contributed by atoms with Gasteiger partial charge in [0.15, 0.2) is 0 Å². The lowest BCUT2D eigenvalue weighted by Crippen LogP contribution is -2.54. The molecule has 2 heteroatoms. The van der Waals surface area contributed by atoms with E-state index in [1.54, 1.807) is 0 Å². The highest BCUT2D eigenvalue weighted by atomic mass is 15.2. The van der Waals surface area contributed by atoms with E-state index in [0.717, 1.165) is 5.92 Å². The van der Waals surface area contributed by atoms with Gasteiger partial charge in [0.05, 0.1) is 0 Å². The second kappa shape index (κ2) is 4.94. The molecule has 0 aliphatic carbocycles. The summed E-state index contributed by atoms with van der Waals surface area (Å²) in [5.74, 6) is 0.719. The molecule has 14 heavy (non-hydrogen) atoms. The first-order valence-electron chi connectivity index (χ1n) is 5.67. The van der Waals surface area contributed by atoms with Crippen LogP contribution in [0.25, 0.3) is 0 Å². The second-order valence-corrected chi connectivity index (χ2v) is 4.50. The summed E-state index contributed by atoms with van der Waals surface area (Å²) < 4.78 is 0. The van der Waals surface area contributed by atoms with Crippen LogP contribution in [-0.4, -0.2) is 36.6 Å². The highest BCUT2D eigenvalue weighted by Crippen LogP contribution is 2.25. The molecule has 4 unspecified atom stereocenters. The molecule has 0 radical (unpaired) electrons. The molecule has 0 spiro atoms. The summed E-state index contributed by atoms with van der Waals surface area (Å²) in [4.78, 5) is 2.55. The van der Waals surface area contributed by atoms with Crippen LogP contribution in [0.4, 0.5) is 0 Å². The normalized spacial score (nSPS) is 36.7. The highest BCUT2D eigenvalue weighted by molar-refractivity contribution is 4.94. The van der Waals surface area contributed by atoms with Crippen molar-refractivity contribution in [2.45, 2.75) is 45.3 Å². The second-order valence-electron chi connectivity index (χ2n) is 4.50. The van der Waals surface area contributed by atoms with Crippen molar-refractivity contribution in [1.29, 1.82) is 0 Å². The van der Waals surface area contributed by atoms with Crippen molar-refractivity contribution in [1.82, 2.24) is 10.2 Å². The third kappa shape index (κ3) is 2.18. The molecular formula is C12H24N2. The first kappa shape index (κ1) is 11.7. The topological polar surface area (TPSA) is 15.3 Å². The van der Waals surface area contributed by atoms with E-state index >= 15 is 0 Å². The number of hydrogen-bond acceptors (Lipinski definition) is 2. The Bertz CT molecular complexity index is 191. The van der Waals surface area contributed by atoms with E-state index < -0.39 is 0 Å². The van der Waals surface area contributed by atoms with Crippen molar-refractivity contribution in [2.75, 3.05) is 13.6 Å². The zero-order chi connectivity index (χ0) is 10.7. The number of rotatable bonds is 3. The molecule has 4 atom stereocenters. The average Bonchev–Trinajstić information content (AvgIpc) is 2.21. The Morgan fingerprint density at radius 2 is 2.14 bits per heavy atom.